The molecule has 0 atom stereocenters. The smallest absolute Gasteiger partial charge is 0.232 e. The summed E-state index contributed by atoms with van der Waals surface area (Å²) in [7, 11) is -3.46. The van der Waals surface area contributed by atoms with Gasteiger partial charge in [-0.2, -0.15) is 0 Å². The first kappa shape index (κ1) is 26.0. The predicted molar refractivity (Wildman–Crippen MR) is 152 cm³/mol. The second kappa shape index (κ2) is 11.4. The average Bonchev–Trinajstić information content (AvgIpc) is 3.24. The van der Waals surface area contributed by atoms with Crippen molar-refractivity contribution in [1.29, 1.82) is 0 Å². The molecule has 0 radical (unpaired) electrons. The van der Waals surface area contributed by atoms with E-state index in [0.29, 0.717) is 34.3 Å². The molecule has 1 aromatic heterocycles. The number of sulfonamides is 1. The number of ether oxygens (including phenoxy) is 1. The summed E-state index contributed by atoms with van der Waals surface area (Å²) in [6.07, 6.45) is 0.518. The lowest BCUT2D eigenvalue weighted by molar-refractivity contribution is 0.0342. The number of nitrogens with zero attached hydrogens (tertiary/aromatic N) is 2. The van der Waals surface area contributed by atoms with E-state index in [1.54, 1.807) is 18.2 Å². The third-order valence-electron chi connectivity index (χ3n) is 6.50. The standard InChI is InChI=1S/C29H32N4O4S/c1-2-18-38(35,36)32-24-12-13-26-25(19-24)27(29(34)31-26)28(22-6-4-3-5-7-22)30-23-10-8-21(9-11-23)20-33-14-16-37-17-15-33/h3-13,19,31-32,34H,2,14-18,20H2,1H3. The first-order chi connectivity index (χ1) is 18.4. The van der Waals surface area contributed by atoms with Crippen molar-refractivity contribution in [1.82, 2.24) is 9.88 Å². The van der Waals surface area contributed by atoms with E-state index >= 15 is 0 Å². The molecule has 0 amide bonds. The predicted octanol–water partition coefficient (Wildman–Crippen LogP) is 5.03. The zero-order chi connectivity index (χ0) is 26.5. The van der Waals surface area contributed by atoms with E-state index in [9.17, 15) is 13.5 Å². The van der Waals surface area contributed by atoms with Crippen molar-refractivity contribution >= 4 is 38.0 Å². The highest BCUT2D eigenvalue weighted by Gasteiger charge is 2.20. The number of aromatic hydroxyl groups is 1. The molecule has 0 aliphatic carbocycles. The Hall–Kier alpha value is -3.66. The van der Waals surface area contributed by atoms with Crippen molar-refractivity contribution in [3.8, 4) is 5.88 Å². The summed E-state index contributed by atoms with van der Waals surface area (Å²) in [4.78, 5) is 10.4. The third-order valence-corrected chi connectivity index (χ3v) is 7.99. The maximum Gasteiger partial charge on any atom is 0.232 e. The van der Waals surface area contributed by atoms with E-state index in [2.05, 4.69) is 26.7 Å². The van der Waals surface area contributed by atoms with Crippen LogP contribution in [0.25, 0.3) is 10.9 Å². The van der Waals surface area contributed by atoms with Crippen molar-refractivity contribution in [3.05, 3.63) is 89.5 Å². The second-order valence-corrected chi connectivity index (χ2v) is 11.3. The largest absolute Gasteiger partial charge is 0.494 e. The number of aromatic nitrogens is 1. The molecule has 1 aliphatic rings. The minimum Gasteiger partial charge on any atom is -0.494 e. The molecule has 198 valence electrons. The topological polar surface area (TPSA) is 107 Å². The molecule has 3 aromatic carbocycles. The number of aromatic amines is 1. The molecule has 5 rings (SSSR count). The summed E-state index contributed by atoms with van der Waals surface area (Å²) in [5.41, 5.74) is 5.00. The highest BCUT2D eigenvalue weighted by atomic mass is 32.2. The van der Waals surface area contributed by atoms with Gasteiger partial charge in [0.25, 0.3) is 0 Å². The summed E-state index contributed by atoms with van der Waals surface area (Å²) in [6, 6.07) is 22.9. The van der Waals surface area contributed by atoms with Gasteiger partial charge >= 0.3 is 0 Å². The van der Waals surface area contributed by atoms with Gasteiger partial charge in [0.15, 0.2) is 5.88 Å². The summed E-state index contributed by atoms with van der Waals surface area (Å²) >= 11 is 0. The minimum absolute atomic E-state index is 0.0277. The van der Waals surface area contributed by atoms with Crippen molar-refractivity contribution in [2.45, 2.75) is 19.9 Å². The summed E-state index contributed by atoms with van der Waals surface area (Å²) in [5, 5.41) is 11.7. The second-order valence-electron chi connectivity index (χ2n) is 9.41. The van der Waals surface area contributed by atoms with Gasteiger partial charge in [-0.3, -0.25) is 9.62 Å². The van der Waals surface area contributed by atoms with Crippen LogP contribution in [0.15, 0.2) is 77.8 Å². The lowest BCUT2D eigenvalue weighted by Crippen LogP contribution is -2.35. The van der Waals surface area contributed by atoms with Crippen LogP contribution >= 0.6 is 0 Å². The minimum atomic E-state index is -3.46. The molecule has 0 spiro atoms. The maximum absolute atomic E-state index is 12.4. The van der Waals surface area contributed by atoms with Gasteiger partial charge in [0.05, 0.1) is 35.9 Å². The average molecular weight is 533 g/mol. The molecule has 3 N–H and O–H groups in total. The Morgan fingerprint density at radius 2 is 1.79 bits per heavy atom. The van der Waals surface area contributed by atoms with E-state index in [4.69, 9.17) is 9.73 Å². The first-order valence-corrected chi connectivity index (χ1v) is 14.5. The fourth-order valence-electron chi connectivity index (χ4n) is 4.66. The lowest BCUT2D eigenvalue weighted by Gasteiger charge is -2.26. The molecule has 4 aromatic rings. The number of morpholine rings is 1. The van der Waals surface area contributed by atoms with Gasteiger partial charge in [0.2, 0.25) is 10.0 Å². The zero-order valence-electron chi connectivity index (χ0n) is 21.4. The van der Waals surface area contributed by atoms with Gasteiger partial charge in [-0.15, -0.1) is 0 Å². The van der Waals surface area contributed by atoms with E-state index < -0.39 is 10.0 Å². The van der Waals surface area contributed by atoms with E-state index in [-0.39, 0.29) is 11.6 Å². The van der Waals surface area contributed by atoms with Crippen molar-refractivity contribution < 1.29 is 18.3 Å². The molecule has 1 aliphatic heterocycles. The van der Waals surface area contributed by atoms with Crippen LogP contribution in [0, 0.1) is 0 Å². The van der Waals surface area contributed by atoms with Crippen molar-refractivity contribution in [3.63, 3.8) is 0 Å². The number of fused-ring (bicyclic) bond motifs is 1. The molecule has 38 heavy (non-hydrogen) atoms. The van der Waals surface area contributed by atoms with Crippen LogP contribution in [0.4, 0.5) is 11.4 Å². The molecule has 0 unspecified atom stereocenters. The zero-order valence-corrected chi connectivity index (χ0v) is 22.2. The number of hydrogen-bond acceptors (Lipinski definition) is 6. The molecular weight excluding hydrogens is 500 g/mol. The quantitative estimate of drug-likeness (QED) is 0.262. The highest BCUT2D eigenvalue weighted by Crippen LogP contribution is 2.33. The van der Waals surface area contributed by atoms with Gasteiger partial charge < -0.3 is 14.8 Å². The number of nitrogens with one attached hydrogen (secondary N) is 2. The summed E-state index contributed by atoms with van der Waals surface area (Å²) in [5.74, 6) is 0.00857. The Morgan fingerprint density at radius 3 is 2.50 bits per heavy atom. The van der Waals surface area contributed by atoms with Gasteiger partial charge in [-0.25, -0.2) is 13.4 Å². The number of hydrogen-bond donors (Lipinski definition) is 3. The van der Waals surface area contributed by atoms with Crippen LogP contribution in [0.1, 0.15) is 30.0 Å². The molecule has 0 saturated carbocycles. The Kier molecular flexibility index (Phi) is 7.78. The Bertz CT molecular complexity index is 1520. The van der Waals surface area contributed by atoms with Crippen molar-refractivity contribution in [2.24, 2.45) is 4.99 Å². The Labute approximate surface area is 223 Å². The fourth-order valence-corrected chi connectivity index (χ4v) is 5.79. The molecule has 9 heteroatoms. The summed E-state index contributed by atoms with van der Waals surface area (Å²) in [6.45, 7) is 6.06. The Balaban J connectivity index is 1.53. The van der Waals surface area contributed by atoms with Gasteiger partial charge in [-0.05, 0) is 42.3 Å². The van der Waals surface area contributed by atoms with Gasteiger partial charge in [0, 0.05) is 41.8 Å². The normalized spacial score (nSPS) is 15.1. The molecule has 8 nitrogen and oxygen atoms in total. The van der Waals surface area contributed by atoms with Gasteiger partial charge in [-0.1, -0.05) is 49.4 Å². The van der Waals surface area contributed by atoms with Crippen molar-refractivity contribution in [2.75, 3.05) is 36.8 Å². The van der Waals surface area contributed by atoms with Crippen LogP contribution in [0.5, 0.6) is 5.88 Å². The number of H-pyrrole nitrogens is 1. The van der Waals surface area contributed by atoms with Gasteiger partial charge in [0.1, 0.15) is 0 Å². The first-order valence-electron chi connectivity index (χ1n) is 12.8. The summed E-state index contributed by atoms with van der Waals surface area (Å²) < 4.78 is 32.8. The number of aliphatic imine (C=N–C) groups is 1. The maximum atomic E-state index is 12.4. The number of benzene rings is 3. The van der Waals surface area contributed by atoms with Crippen LogP contribution in [-0.2, 0) is 21.3 Å². The van der Waals surface area contributed by atoms with Crippen LogP contribution in [-0.4, -0.2) is 61.2 Å². The van der Waals surface area contributed by atoms with Crippen LogP contribution in [0.3, 0.4) is 0 Å². The third kappa shape index (κ3) is 6.07. The van der Waals surface area contributed by atoms with E-state index in [0.717, 1.165) is 44.1 Å². The lowest BCUT2D eigenvalue weighted by atomic mass is 10.0. The van der Waals surface area contributed by atoms with E-state index in [1.165, 1.54) is 5.56 Å². The molecule has 1 saturated heterocycles. The SMILES string of the molecule is CCCS(=O)(=O)Nc1ccc2[nH]c(O)c(C(=Nc3ccc(CN4CCOCC4)cc3)c3ccccc3)c2c1. The van der Waals surface area contributed by atoms with Crippen LogP contribution in [0.2, 0.25) is 0 Å². The van der Waals surface area contributed by atoms with Crippen LogP contribution < -0.4 is 4.72 Å². The molecule has 0 bridgehead atoms. The highest BCUT2D eigenvalue weighted by molar-refractivity contribution is 7.92. The monoisotopic (exact) mass is 532 g/mol. The Morgan fingerprint density at radius 1 is 1.05 bits per heavy atom. The molecule has 1 fully saturated rings. The van der Waals surface area contributed by atoms with E-state index in [1.807, 2.05) is 49.4 Å². The fraction of sp³-hybridized carbons (Fsp3) is 0.276. The molecule has 2 heterocycles. The number of rotatable bonds is 9. The molecular formula is C29H32N4O4S. The number of anilines is 1.